The van der Waals surface area contributed by atoms with Gasteiger partial charge in [0.05, 0.1) is 0 Å². The van der Waals surface area contributed by atoms with Crippen molar-refractivity contribution in [3.8, 4) is 22.3 Å². The van der Waals surface area contributed by atoms with E-state index in [0.717, 1.165) is 0 Å². The van der Waals surface area contributed by atoms with E-state index in [9.17, 15) is 0 Å². The van der Waals surface area contributed by atoms with Crippen molar-refractivity contribution in [2.75, 3.05) is 0 Å². The molecule has 2 heterocycles. The molecule has 2 heteroatoms. The van der Waals surface area contributed by atoms with Gasteiger partial charge in [-0.25, -0.2) is 9.13 Å². The maximum Gasteiger partial charge on any atom is 0.169 e. The van der Waals surface area contributed by atoms with Crippen LogP contribution in [-0.2, 0) is 14.1 Å². The normalized spacial score (nSPS) is 10.9. The van der Waals surface area contributed by atoms with Gasteiger partial charge in [-0.1, -0.05) is 36.4 Å². The first-order valence-corrected chi connectivity index (χ1v) is 8.15. The molecule has 0 aliphatic carbocycles. The van der Waals surface area contributed by atoms with Crippen LogP contribution in [0.25, 0.3) is 33.0 Å². The summed E-state index contributed by atoms with van der Waals surface area (Å²) in [5.74, 6) is 0. The van der Waals surface area contributed by atoms with E-state index in [-0.39, 0.29) is 0 Å². The zero-order valence-electron chi connectivity index (χ0n) is 14.0. The molecule has 0 amide bonds. The highest BCUT2D eigenvalue weighted by Crippen LogP contribution is 2.34. The van der Waals surface area contributed by atoms with E-state index in [2.05, 4.69) is 94.6 Å². The highest BCUT2D eigenvalue weighted by atomic mass is 14.9. The zero-order valence-corrected chi connectivity index (χ0v) is 14.0. The average molecular weight is 312 g/mol. The largest absolute Gasteiger partial charge is 0.208 e. The van der Waals surface area contributed by atoms with Gasteiger partial charge in [0.1, 0.15) is 14.1 Å². The van der Waals surface area contributed by atoms with Gasteiger partial charge in [0.25, 0.3) is 0 Å². The minimum Gasteiger partial charge on any atom is -0.208 e. The molecule has 0 spiro atoms. The van der Waals surface area contributed by atoms with Gasteiger partial charge in [-0.15, -0.1) is 0 Å². The standard InChI is InChI=1S/C22H20N2/c1-23-13-9-17(10-14-23)19-7-8-20(18-11-15-24(2)16-12-18)22-6-4-3-5-21(19)22/h3-16H,1-2H3/q+2. The molecule has 2 aromatic heterocycles. The fourth-order valence-electron chi connectivity index (χ4n) is 3.16. The molecule has 0 atom stereocenters. The van der Waals surface area contributed by atoms with E-state index in [0.29, 0.717) is 0 Å². The summed E-state index contributed by atoms with van der Waals surface area (Å²) in [5, 5.41) is 2.58. The number of aromatic nitrogens is 2. The Morgan fingerprint density at radius 1 is 0.500 bits per heavy atom. The highest BCUT2D eigenvalue weighted by Gasteiger charge is 2.10. The third-order valence-corrected chi connectivity index (χ3v) is 4.50. The van der Waals surface area contributed by atoms with Crippen molar-refractivity contribution in [3.05, 3.63) is 85.5 Å². The number of nitrogens with zero attached hydrogens (tertiary/aromatic N) is 2. The van der Waals surface area contributed by atoms with Crippen molar-refractivity contribution in [3.63, 3.8) is 0 Å². The smallest absolute Gasteiger partial charge is 0.169 e. The molecule has 4 rings (SSSR count). The third-order valence-electron chi connectivity index (χ3n) is 4.50. The molecule has 2 aromatic carbocycles. The predicted molar refractivity (Wildman–Crippen MR) is 97.2 cm³/mol. The van der Waals surface area contributed by atoms with Gasteiger partial charge in [0, 0.05) is 24.3 Å². The Morgan fingerprint density at radius 2 is 0.875 bits per heavy atom. The second-order valence-electron chi connectivity index (χ2n) is 6.21. The number of aryl methyl sites for hydroxylation is 2. The van der Waals surface area contributed by atoms with Gasteiger partial charge in [-0.3, -0.25) is 0 Å². The van der Waals surface area contributed by atoms with Crippen molar-refractivity contribution >= 4 is 10.8 Å². The summed E-state index contributed by atoms with van der Waals surface area (Å²) >= 11 is 0. The first-order valence-electron chi connectivity index (χ1n) is 8.15. The summed E-state index contributed by atoms with van der Waals surface area (Å²) in [6.45, 7) is 0. The van der Waals surface area contributed by atoms with Crippen LogP contribution in [0.3, 0.4) is 0 Å². The van der Waals surface area contributed by atoms with E-state index in [1.165, 1.54) is 33.0 Å². The number of hydrogen-bond acceptors (Lipinski definition) is 0. The van der Waals surface area contributed by atoms with Crippen LogP contribution in [0.5, 0.6) is 0 Å². The molecule has 116 valence electrons. The number of pyridine rings is 2. The third kappa shape index (κ3) is 2.56. The van der Waals surface area contributed by atoms with Crippen molar-refractivity contribution in [1.82, 2.24) is 0 Å². The van der Waals surface area contributed by atoms with Crippen LogP contribution >= 0.6 is 0 Å². The van der Waals surface area contributed by atoms with Gasteiger partial charge in [0.15, 0.2) is 24.8 Å². The SMILES string of the molecule is C[n+]1ccc(-c2ccc(-c3cc[n+](C)cc3)c3ccccc23)cc1. The first kappa shape index (κ1) is 14.6. The molecule has 0 aliphatic heterocycles. The van der Waals surface area contributed by atoms with Gasteiger partial charge < -0.3 is 0 Å². The monoisotopic (exact) mass is 312 g/mol. The van der Waals surface area contributed by atoms with E-state index < -0.39 is 0 Å². The van der Waals surface area contributed by atoms with E-state index in [4.69, 9.17) is 0 Å². The summed E-state index contributed by atoms with van der Waals surface area (Å²) in [4.78, 5) is 0. The Labute approximate surface area is 142 Å². The van der Waals surface area contributed by atoms with Crippen LogP contribution in [0, 0.1) is 0 Å². The summed E-state index contributed by atoms with van der Waals surface area (Å²) in [6, 6.07) is 21.8. The molecule has 0 saturated heterocycles. The maximum absolute atomic E-state index is 2.24. The number of benzene rings is 2. The molecule has 0 bridgehead atoms. The van der Waals surface area contributed by atoms with E-state index >= 15 is 0 Å². The predicted octanol–water partition coefficient (Wildman–Crippen LogP) is 3.82. The van der Waals surface area contributed by atoms with Crippen LogP contribution in [0.2, 0.25) is 0 Å². The maximum atomic E-state index is 2.24. The second kappa shape index (κ2) is 5.89. The fraction of sp³-hybridized carbons (Fsp3) is 0.0909. The molecule has 0 unspecified atom stereocenters. The Morgan fingerprint density at radius 3 is 1.25 bits per heavy atom. The van der Waals surface area contributed by atoms with Crippen molar-refractivity contribution in [2.45, 2.75) is 0 Å². The molecular formula is C22H20N2+2. The Bertz CT molecular complexity index is 916. The molecule has 0 radical (unpaired) electrons. The van der Waals surface area contributed by atoms with Crippen LogP contribution in [0.15, 0.2) is 85.5 Å². The molecule has 0 aliphatic rings. The van der Waals surface area contributed by atoms with Crippen LogP contribution in [0.1, 0.15) is 0 Å². The van der Waals surface area contributed by atoms with Gasteiger partial charge in [-0.2, -0.15) is 0 Å². The summed E-state index contributed by atoms with van der Waals surface area (Å²) in [7, 11) is 4.08. The molecule has 0 saturated carbocycles. The average Bonchev–Trinajstić information content (AvgIpc) is 2.62. The highest BCUT2D eigenvalue weighted by molar-refractivity contribution is 6.04. The van der Waals surface area contributed by atoms with Crippen LogP contribution in [0.4, 0.5) is 0 Å². The fourth-order valence-corrected chi connectivity index (χ4v) is 3.16. The molecule has 0 fully saturated rings. The summed E-state index contributed by atoms with van der Waals surface area (Å²) in [6.07, 6.45) is 8.37. The lowest BCUT2D eigenvalue weighted by Gasteiger charge is -2.11. The zero-order chi connectivity index (χ0) is 16.5. The van der Waals surface area contributed by atoms with Gasteiger partial charge in [-0.05, 0) is 33.0 Å². The Kier molecular flexibility index (Phi) is 3.58. The van der Waals surface area contributed by atoms with Crippen LogP contribution in [-0.4, -0.2) is 0 Å². The lowest BCUT2D eigenvalue weighted by molar-refractivity contribution is -0.671. The quantitative estimate of drug-likeness (QED) is 0.497. The summed E-state index contributed by atoms with van der Waals surface area (Å²) in [5.41, 5.74) is 5.04. The minimum atomic E-state index is 1.25. The number of hydrogen-bond donors (Lipinski definition) is 0. The topological polar surface area (TPSA) is 7.76 Å². The molecule has 24 heavy (non-hydrogen) atoms. The Balaban J connectivity index is 1.95. The molecule has 4 aromatic rings. The molecule has 2 nitrogen and oxygen atoms in total. The van der Waals surface area contributed by atoms with E-state index in [1.807, 2.05) is 14.1 Å². The second-order valence-corrected chi connectivity index (χ2v) is 6.21. The minimum absolute atomic E-state index is 1.25. The Hall–Kier alpha value is -3.00. The van der Waals surface area contributed by atoms with Crippen molar-refractivity contribution in [2.24, 2.45) is 14.1 Å². The van der Waals surface area contributed by atoms with Crippen molar-refractivity contribution < 1.29 is 9.13 Å². The lowest BCUT2D eigenvalue weighted by atomic mass is 9.93. The van der Waals surface area contributed by atoms with Gasteiger partial charge >= 0.3 is 0 Å². The van der Waals surface area contributed by atoms with Crippen molar-refractivity contribution in [1.29, 1.82) is 0 Å². The summed E-state index contributed by atoms with van der Waals surface area (Å²) < 4.78 is 4.12. The number of fused-ring (bicyclic) bond motifs is 1. The van der Waals surface area contributed by atoms with E-state index in [1.54, 1.807) is 0 Å². The first-order chi connectivity index (χ1) is 11.7. The molecule has 0 N–H and O–H groups in total. The number of rotatable bonds is 2. The van der Waals surface area contributed by atoms with Crippen LogP contribution < -0.4 is 9.13 Å². The lowest BCUT2D eigenvalue weighted by Crippen LogP contribution is -2.25. The van der Waals surface area contributed by atoms with Gasteiger partial charge in [0.2, 0.25) is 0 Å². The molecular weight excluding hydrogens is 292 g/mol.